The van der Waals surface area contributed by atoms with Gasteiger partial charge in [-0.3, -0.25) is 4.98 Å². The zero-order valence-electron chi connectivity index (χ0n) is 21.6. The minimum absolute atomic E-state index is 0.0396. The Morgan fingerprint density at radius 1 is 1.00 bits per heavy atom. The summed E-state index contributed by atoms with van der Waals surface area (Å²) in [5, 5.41) is 3.31. The van der Waals surface area contributed by atoms with Gasteiger partial charge in [-0.05, 0) is 61.0 Å². The monoisotopic (exact) mass is 531 g/mol. The van der Waals surface area contributed by atoms with Gasteiger partial charge in [0.25, 0.3) is 0 Å². The van der Waals surface area contributed by atoms with E-state index in [4.69, 9.17) is 14.9 Å². The van der Waals surface area contributed by atoms with Crippen LogP contribution >= 0.6 is 0 Å². The lowest BCUT2D eigenvalue weighted by molar-refractivity contribution is -0.141. The van der Waals surface area contributed by atoms with Crippen LogP contribution in [0.4, 0.5) is 30.6 Å². The number of benzene rings is 1. The van der Waals surface area contributed by atoms with E-state index in [1.807, 2.05) is 12.2 Å². The van der Waals surface area contributed by atoms with E-state index in [-0.39, 0.29) is 16.7 Å². The number of nitrogens with one attached hydrogen (secondary N) is 1. The SMILES string of the molecule is CC(C)(C)[Si](C)(C)OCC/C=C/c1cc(Nc2ccc(Oc3ccnc(C(F)(F)F)c3)cc2)nc(N)n1. The van der Waals surface area contributed by atoms with Crippen molar-refractivity contribution in [3.63, 3.8) is 0 Å². The highest BCUT2D eigenvalue weighted by atomic mass is 28.4. The van der Waals surface area contributed by atoms with Crippen LogP contribution in [0.25, 0.3) is 6.08 Å². The molecule has 0 bridgehead atoms. The number of hydrogen-bond acceptors (Lipinski definition) is 7. The maximum atomic E-state index is 12.9. The van der Waals surface area contributed by atoms with Crippen molar-refractivity contribution >= 4 is 31.8 Å². The zero-order chi connectivity index (χ0) is 27.3. The molecule has 0 aliphatic rings. The van der Waals surface area contributed by atoms with E-state index in [0.717, 1.165) is 18.7 Å². The number of alkyl halides is 3. The number of nitrogens with two attached hydrogens (primary N) is 1. The smallest absolute Gasteiger partial charge is 0.433 e. The van der Waals surface area contributed by atoms with Crippen LogP contribution in [-0.4, -0.2) is 29.9 Å². The van der Waals surface area contributed by atoms with Crippen LogP contribution < -0.4 is 15.8 Å². The molecule has 0 unspecified atom stereocenters. The number of nitrogens with zero attached hydrogens (tertiary/aromatic N) is 3. The van der Waals surface area contributed by atoms with Gasteiger partial charge in [-0.25, -0.2) is 4.98 Å². The van der Waals surface area contributed by atoms with Gasteiger partial charge in [0, 0.05) is 30.6 Å². The number of aromatic nitrogens is 3. The summed E-state index contributed by atoms with van der Waals surface area (Å²) in [7, 11) is -1.78. The highest BCUT2D eigenvalue weighted by molar-refractivity contribution is 6.74. The first-order chi connectivity index (χ1) is 17.2. The van der Waals surface area contributed by atoms with Crippen molar-refractivity contribution in [3.05, 3.63) is 66.1 Å². The molecule has 11 heteroatoms. The number of halogens is 3. The quantitative estimate of drug-likeness (QED) is 0.219. The summed E-state index contributed by atoms with van der Waals surface area (Å²) < 4.78 is 50.3. The summed E-state index contributed by atoms with van der Waals surface area (Å²) in [6, 6.07) is 10.7. The van der Waals surface area contributed by atoms with Gasteiger partial charge in [0.1, 0.15) is 23.0 Å². The number of rotatable bonds is 9. The lowest BCUT2D eigenvalue weighted by atomic mass is 10.2. The minimum atomic E-state index is -4.54. The average molecular weight is 532 g/mol. The highest BCUT2D eigenvalue weighted by Gasteiger charge is 2.36. The molecule has 0 atom stereocenters. The Balaban J connectivity index is 1.59. The fourth-order valence-corrected chi connectivity index (χ4v) is 4.02. The second-order valence-electron chi connectivity index (χ2n) is 9.96. The Kier molecular flexibility index (Phi) is 8.59. The number of pyridine rings is 1. The van der Waals surface area contributed by atoms with Gasteiger partial charge in [0.15, 0.2) is 8.32 Å². The van der Waals surface area contributed by atoms with E-state index in [1.165, 1.54) is 6.07 Å². The Morgan fingerprint density at radius 2 is 1.70 bits per heavy atom. The van der Waals surface area contributed by atoms with Crippen molar-refractivity contribution in [2.24, 2.45) is 0 Å². The van der Waals surface area contributed by atoms with Crippen LogP contribution in [0.1, 0.15) is 38.6 Å². The van der Waals surface area contributed by atoms with Gasteiger partial charge in [-0.1, -0.05) is 26.8 Å². The highest BCUT2D eigenvalue weighted by Crippen LogP contribution is 2.36. The molecule has 0 saturated heterocycles. The predicted molar refractivity (Wildman–Crippen MR) is 142 cm³/mol. The van der Waals surface area contributed by atoms with E-state index >= 15 is 0 Å². The van der Waals surface area contributed by atoms with Gasteiger partial charge >= 0.3 is 6.18 Å². The molecule has 0 aliphatic carbocycles. The lowest BCUT2D eigenvalue weighted by Crippen LogP contribution is -2.40. The molecule has 1 aromatic carbocycles. The normalized spacial score (nSPS) is 12.6. The molecule has 0 spiro atoms. The third-order valence-electron chi connectivity index (χ3n) is 5.99. The first-order valence-electron chi connectivity index (χ1n) is 11.8. The third kappa shape index (κ3) is 8.29. The van der Waals surface area contributed by atoms with E-state index in [9.17, 15) is 13.2 Å². The van der Waals surface area contributed by atoms with E-state index in [1.54, 1.807) is 30.3 Å². The van der Waals surface area contributed by atoms with Crippen LogP contribution in [0, 0.1) is 0 Å². The number of anilines is 3. The largest absolute Gasteiger partial charge is 0.457 e. The average Bonchev–Trinajstić information content (AvgIpc) is 2.79. The molecule has 0 radical (unpaired) electrons. The molecule has 198 valence electrons. The van der Waals surface area contributed by atoms with Crippen molar-refractivity contribution in [2.45, 2.75) is 51.5 Å². The molecule has 3 rings (SSSR count). The van der Waals surface area contributed by atoms with Crippen molar-refractivity contribution in [1.29, 1.82) is 0 Å². The summed E-state index contributed by atoms with van der Waals surface area (Å²) in [5.74, 6) is 1.04. The van der Waals surface area contributed by atoms with Crippen LogP contribution in [0.15, 0.2) is 54.7 Å². The van der Waals surface area contributed by atoms with Crippen molar-refractivity contribution in [3.8, 4) is 11.5 Å². The molecule has 2 heterocycles. The molecule has 3 aromatic rings. The van der Waals surface area contributed by atoms with Gasteiger partial charge in [-0.2, -0.15) is 18.2 Å². The standard InChI is InChI=1S/C26H32F3N5O2Si/c1-25(2,3)37(4,5)35-15-7-6-8-19-16-23(34-24(30)33-19)32-18-9-11-20(12-10-18)36-21-13-14-31-22(17-21)26(27,28)29/h6,8-14,16-17H,7,15H2,1-5H3,(H3,30,32,33,34)/b8-6+. The predicted octanol–water partition coefficient (Wildman–Crippen LogP) is 7.43. The Hall–Kier alpha value is -3.44. The van der Waals surface area contributed by atoms with E-state index < -0.39 is 20.2 Å². The summed E-state index contributed by atoms with van der Waals surface area (Å²) in [6.45, 7) is 11.7. The molecule has 37 heavy (non-hydrogen) atoms. The fourth-order valence-electron chi connectivity index (χ4n) is 2.96. The van der Waals surface area contributed by atoms with Crippen molar-refractivity contribution < 1.29 is 22.3 Å². The van der Waals surface area contributed by atoms with Crippen LogP contribution in [0.3, 0.4) is 0 Å². The maximum absolute atomic E-state index is 12.9. The topological polar surface area (TPSA) is 95.2 Å². The van der Waals surface area contributed by atoms with E-state index in [0.29, 0.717) is 29.6 Å². The number of hydrogen-bond donors (Lipinski definition) is 2. The van der Waals surface area contributed by atoms with Crippen molar-refractivity contribution in [2.75, 3.05) is 17.7 Å². The molecule has 0 saturated carbocycles. The molecular weight excluding hydrogens is 499 g/mol. The number of nitrogen functional groups attached to an aromatic ring is 1. The Bertz CT molecular complexity index is 1230. The Labute approximate surface area is 216 Å². The summed E-state index contributed by atoms with van der Waals surface area (Å²) >= 11 is 0. The molecule has 7 nitrogen and oxygen atoms in total. The maximum Gasteiger partial charge on any atom is 0.433 e. The lowest BCUT2D eigenvalue weighted by Gasteiger charge is -2.36. The number of ether oxygens (including phenoxy) is 1. The second kappa shape index (κ2) is 11.3. The first-order valence-corrected chi connectivity index (χ1v) is 14.7. The molecule has 2 aromatic heterocycles. The van der Waals surface area contributed by atoms with Crippen LogP contribution in [0.2, 0.25) is 18.1 Å². The van der Waals surface area contributed by atoms with Crippen molar-refractivity contribution in [1.82, 2.24) is 15.0 Å². The first kappa shape index (κ1) is 28.1. The van der Waals surface area contributed by atoms with Crippen LogP contribution in [0.5, 0.6) is 11.5 Å². The third-order valence-corrected chi connectivity index (χ3v) is 10.5. The molecule has 3 N–H and O–H groups in total. The summed E-state index contributed by atoms with van der Waals surface area (Å²) in [4.78, 5) is 11.8. The van der Waals surface area contributed by atoms with Gasteiger partial charge < -0.3 is 20.2 Å². The zero-order valence-corrected chi connectivity index (χ0v) is 22.6. The Morgan fingerprint density at radius 3 is 2.35 bits per heavy atom. The summed E-state index contributed by atoms with van der Waals surface area (Å²) in [6.07, 6.45) is 1.13. The van der Waals surface area contributed by atoms with Gasteiger partial charge in [0.05, 0.1) is 5.69 Å². The molecule has 0 aliphatic heterocycles. The van der Waals surface area contributed by atoms with Gasteiger partial charge in [-0.15, -0.1) is 0 Å². The molecule has 0 fully saturated rings. The van der Waals surface area contributed by atoms with Crippen LogP contribution in [-0.2, 0) is 10.6 Å². The van der Waals surface area contributed by atoms with E-state index in [2.05, 4.69) is 54.1 Å². The van der Waals surface area contributed by atoms with Gasteiger partial charge in [0.2, 0.25) is 5.95 Å². The summed E-state index contributed by atoms with van der Waals surface area (Å²) in [5.41, 5.74) is 6.21. The minimum Gasteiger partial charge on any atom is -0.457 e. The molecule has 0 amide bonds. The fraction of sp³-hybridized carbons (Fsp3) is 0.346. The molecular formula is C26H32F3N5O2Si. The second-order valence-corrected chi connectivity index (χ2v) is 14.8.